The van der Waals surface area contributed by atoms with Crippen molar-refractivity contribution >= 4 is 17.0 Å². The Hall–Kier alpha value is -5.04. The molecule has 0 unspecified atom stereocenters. The number of pyridine rings is 2. The molecular formula is C32H26N4O3. The molecule has 0 saturated heterocycles. The van der Waals surface area contributed by atoms with Gasteiger partial charge in [-0.2, -0.15) is 0 Å². The molecule has 0 fully saturated rings. The molecule has 0 spiro atoms. The van der Waals surface area contributed by atoms with E-state index in [1.807, 2.05) is 74.8 Å². The fourth-order valence-corrected chi connectivity index (χ4v) is 5.13. The second kappa shape index (κ2) is 10.0. The number of nitrogens with zero attached hydrogens (tertiary/aromatic N) is 4. The average Bonchev–Trinajstić information content (AvgIpc) is 3.52. The van der Waals surface area contributed by atoms with Crippen LogP contribution in [0.25, 0.3) is 33.3 Å². The largest absolute Gasteiger partial charge is 0.465 e. The number of esters is 1. The maximum atomic E-state index is 12.0. The van der Waals surface area contributed by atoms with Gasteiger partial charge < -0.3 is 13.8 Å². The highest BCUT2D eigenvalue weighted by molar-refractivity contribution is 5.96. The predicted octanol–water partition coefficient (Wildman–Crippen LogP) is 6.79. The van der Waals surface area contributed by atoms with Gasteiger partial charge in [0.2, 0.25) is 0 Å². The van der Waals surface area contributed by atoms with Crippen molar-refractivity contribution in [3.8, 4) is 22.3 Å². The minimum absolute atomic E-state index is 0.195. The standard InChI is InChI=1S/C32H26N4O3/c1-20-29(21(2)39-35-20)25-17-28-30(34-18-25)26(22-12-14-24(15-13-22)32(37)38-3)19-36(28)31(23-9-5-4-6-10-23)27-11-7-8-16-33-27/h4-19,31H,1-3H3/t31-/m0/s1. The van der Waals surface area contributed by atoms with Crippen LogP contribution in [0.15, 0.2) is 102 Å². The molecule has 4 heterocycles. The lowest BCUT2D eigenvalue weighted by molar-refractivity contribution is 0.0600. The Morgan fingerprint density at radius 1 is 0.923 bits per heavy atom. The highest BCUT2D eigenvalue weighted by atomic mass is 16.5. The van der Waals surface area contributed by atoms with Gasteiger partial charge in [-0.3, -0.25) is 9.97 Å². The van der Waals surface area contributed by atoms with Gasteiger partial charge in [0.05, 0.1) is 35.1 Å². The first-order valence-electron chi connectivity index (χ1n) is 12.6. The van der Waals surface area contributed by atoms with Crippen molar-refractivity contribution in [1.29, 1.82) is 0 Å². The smallest absolute Gasteiger partial charge is 0.337 e. The van der Waals surface area contributed by atoms with Crippen LogP contribution in [0, 0.1) is 13.8 Å². The van der Waals surface area contributed by atoms with Gasteiger partial charge in [-0.1, -0.05) is 53.7 Å². The van der Waals surface area contributed by atoms with E-state index in [1.54, 1.807) is 12.1 Å². The molecule has 0 aliphatic rings. The third kappa shape index (κ3) is 4.38. The van der Waals surface area contributed by atoms with Crippen LogP contribution in [0.3, 0.4) is 0 Å². The van der Waals surface area contributed by atoms with Gasteiger partial charge in [-0.15, -0.1) is 0 Å². The summed E-state index contributed by atoms with van der Waals surface area (Å²) in [6.07, 6.45) is 5.80. The van der Waals surface area contributed by atoms with Crippen molar-refractivity contribution in [1.82, 2.24) is 19.7 Å². The van der Waals surface area contributed by atoms with Crippen LogP contribution >= 0.6 is 0 Å². The number of rotatable bonds is 6. The fraction of sp³-hybridized carbons (Fsp3) is 0.125. The molecule has 4 aromatic heterocycles. The molecule has 0 amide bonds. The SMILES string of the molecule is COC(=O)c1ccc(-c2cn([C@@H](c3ccccc3)c3ccccn3)c3cc(-c4c(C)noc4C)cnc23)cc1. The highest BCUT2D eigenvalue weighted by Gasteiger charge is 2.24. The lowest BCUT2D eigenvalue weighted by Crippen LogP contribution is -2.13. The van der Waals surface area contributed by atoms with Gasteiger partial charge in [0.15, 0.2) is 0 Å². The first kappa shape index (κ1) is 24.3. The summed E-state index contributed by atoms with van der Waals surface area (Å²) < 4.78 is 12.6. The van der Waals surface area contributed by atoms with Crippen molar-refractivity contribution in [3.63, 3.8) is 0 Å². The van der Waals surface area contributed by atoms with Crippen molar-refractivity contribution in [2.24, 2.45) is 0 Å². The molecule has 0 radical (unpaired) electrons. The summed E-state index contributed by atoms with van der Waals surface area (Å²) in [4.78, 5) is 21.7. The summed E-state index contributed by atoms with van der Waals surface area (Å²) in [5, 5.41) is 4.15. The molecule has 0 N–H and O–H groups in total. The van der Waals surface area contributed by atoms with E-state index in [0.29, 0.717) is 5.56 Å². The lowest BCUT2D eigenvalue weighted by Gasteiger charge is -2.20. The monoisotopic (exact) mass is 514 g/mol. The Bertz CT molecular complexity index is 1710. The van der Waals surface area contributed by atoms with Crippen molar-refractivity contribution < 1.29 is 14.1 Å². The zero-order valence-corrected chi connectivity index (χ0v) is 21.8. The van der Waals surface area contributed by atoms with Gasteiger partial charge >= 0.3 is 5.97 Å². The number of carbonyl (C=O) groups is 1. The Kier molecular flexibility index (Phi) is 6.25. The fourth-order valence-electron chi connectivity index (χ4n) is 5.13. The number of ether oxygens (including phenoxy) is 1. The predicted molar refractivity (Wildman–Crippen MR) is 149 cm³/mol. The molecular weight excluding hydrogens is 488 g/mol. The molecule has 0 saturated carbocycles. The number of hydrogen-bond acceptors (Lipinski definition) is 6. The number of methoxy groups -OCH3 is 1. The maximum absolute atomic E-state index is 12.0. The average molecular weight is 515 g/mol. The Labute approximate surface area is 225 Å². The van der Waals surface area contributed by atoms with Crippen molar-refractivity contribution in [2.45, 2.75) is 19.9 Å². The molecule has 1 atom stereocenters. The first-order chi connectivity index (χ1) is 19.0. The number of carbonyl (C=O) groups excluding carboxylic acids is 1. The van der Waals surface area contributed by atoms with Crippen molar-refractivity contribution in [3.05, 3.63) is 126 Å². The topological polar surface area (TPSA) is 83.0 Å². The molecule has 7 nitrogen and oxygen atoms in total. The molecule has 6 aromatic rings. The van der Waals surface area contributed by atoms with Gasteiger partial charge in [0.1, 0.15) is 11.8 Å². The Morgan fingerprint density at radius 2 is 1.69 bits per heavy atom. The van der Waals surface area contributed by atoms with E-state index >= 15 is 0 Å². The highest BCUT2D eigenvalue weighted by Crippen LogP contribution is 2.38. The van der Waals surface area contributed by atoms with E-state index in [-0.39, 0.29) is 12.0 Å². The van der Waals surface area contributed by atoms with E-state index in [4.69, 9.17) is 19.2 Å². The second-order valence-corrected chi connectivity index (χ2v) is 9.38. The van der Waals surface area contributed by atoms with Crippen LogP contribution in [0.4, 0.5) is 0 Å². The van der Waals surface area contributed by atoms with Crippen LogP contribution in [-0.4, -0.2) is 32.8 Å². The Morgan fingerprint density at radius 3 is 2.36 bits per heavy atom. The molecule has 7 heteroatoms. The van der Waals surface area contributed by atoms with E-state index in [0.717, 1.165) is 56.0 Å². The van der Waals surface area contributed by atoms with Gasteiger partial charge in [-0.25, -0.2) is 4.79 Å². The normalized spacial score (nSPS) is 12.0. The lowest BCUT2D eigenvalue weighted by atomic mass is 10.0. The number of benzene rings is 2. The van der Waals surface area contributed by atoms with Crippen LogP contribution in [0.2, 0.25) is 0 Å². The molecule has 192 valence electrons. The van der Waals surface area contributed by atoms with Gasteiger partial charge in [-0.05, 0) is 55.3 Å². The zero-order valence-electron chi connectivity index (χ0n) is 21.8. The van der Waals surface area contributed by atoms with Crippen LogP contribution in [0.5, 0.6) is 0 Å². The van der Waals surface area contributed by atoms with Crippen LogP contribution in [0.1, 0.15) is 39.1 Å². The molecule has 2 aromatic carbocycles. The second-order valence-electron chi connectivity index (χ2n) is 9.38. The first-order valence-corrected chi connectivity index (χ1v) is 12.6. The molecule has 0 bridgehead atoms. The summed E-state index contributed by atoms with van der Waals surface area (Å²) in [5.74, 6) is 0.375. The van der Waals surface area contributed by atoms with E-state index < -0.39 is 0 Å². The minimum Gasteiger partial charge on any atom is -0.465 e. The molecule has 6 rings (SSSR count). The van der Waals surface area contributed by atoms with Crippen LogP contribution in [-0.2, 0) is 4.74 Å². The summed E-state index contributed by atoms with van der Waals surface area (Å²) in [7, 11) is 1.38. The zero-order chi connectivity index (χ0) is 26.9. The number of aromatic nitrogens is 4. The van der Waals surface area contributed by atoms with Gasteiger partial charge in [0, 0.05) is 35.3 Å². The third-order valence-electron chi connectivity index (χ3n) is 6.97. The van der Waals surface area contributed by atoms with E-state index in [2.05, 4.69) is 34.1 Å². The number of aryl methyl sites for hydroxylation is 2. The minimum atomic E-state index is -0.370. The summed E-state index contributed by atoms with van der Waals surface area (Å²) in [5.41, 5.74) is 8.87. The quantitative estimate of drug-likeness (QED) is 0.228. The third-order valence-corrected chi connectivity index (χ3v) is 6.97. The summed E-state index contributed by atoms with van der Waals surface area (Å²) >= 11 is 0. The van der Waals surface area contributed by atoms with Crippen molar-refractivity contribution in [2.75, 3.05) is 7.11 Å². The number of hydrogen-bond donors (Lipinski definition) is 0. The van der Waals surface area contributed by atoms with E-state index in [1.165, 1.54) is 7.11 Å². The van der Waals surface area contributed by atoms with Crippen LogP contribution < -0.4 is 0 Å². The summed E-state index contributed by atoms with van der Waals surface area (Å²) in [6.45, 7) is 3.84. The Balaban J connectivity index is 1.61. The maximum Gasteiger partial charge on any atom is 0.337 e. The molecule has 39 heavy (non-hydrogen) atoms. The van der Waals surface area contributed by atoms with E-state index in [9.17, 15) is 4.79 Å². The number of fused-ring (bicyclic) bond motifs is 1. The van der Waals surface area contributed by atoms with Gasteiger partial charge in [0.25, 0.3) is 0 Å². The molecule has 0 aliphatic heterocycles. The molecule has 0 aliphatic carbocycles. The summed E-state index contributed by atoms with van der Waals surface area (Å²) in [6, 6.07) is 25.6.